The molecule has 0 saturated carbocycles. The Balaban J connectivity index is 0. The Labute approximate surface area is 60.1 Å². The van der Waals surface area contributed by atoms with E-state index in [4.69, 9.17) is 10.5 Å². The zero-order chi connectivity index (χ0) is 4.83. The van der Waals surface area contributed by atoms with Crippen molar-refractivity contribution in [2.24, 2.45) is 0 Å². The van der Waals surface area contributed by atoms with Gasteiger partial charge in [-0.1, -0.05) is 0 Å². The van der Waals surface area contributed by atoms with Crippen molar-refractivity contribution in [3.8, 4) is 10.8 Å². The fourth-order valence-corrected chi connectivity index (χ4v) is 0.335. The molecule has 2 nitrogen and oxygen atoms in total. The zero-order valence-electron chi connectivity index (χ0n) is 3.01. The predicted octanol–water partition coefficient (Wildman–Crippen LogP) is 1.33. The van der Waals surface area contributed by atoms with Crippen LogP contribution in [0.4, 0.5) is 0 Å². The first-order valence-corrected chi connectivity index (χ1v) is 3.17. The largest absolute Gasteiger partial charge is 0.184 e. The summed E-state index contributed by atoms with van der Waals surface area (Å²) in [7, 11) is 1.74. The maximum absolute atomic E-state index is 7.74. The molecule has 0 heterocycles. The molecule has 0 aliphatic rings. The minimum Gasteiger partial charge on any atom is -0.184 e. The Morgan fingerprint density at radius 2 is 1.29 bits per heavy atom. The van der Waals surface area contributed by atoms with Crippen molar-refractivity contribution in [1.82, 2.24) is 0 Å². The number of hydrogen-bond donors (Lipinski definition) is 0. The van der Waals surface area contributed by atoms with E-state index in [2.05, 4.69) is 0 Å². The van der Waals surface area contributed by atoms with E-state index in [1.807, 2.05) is 0 Å². The molecule has 0 aromatic heterocycles. The van der Waals surface area contributed by atoms with Gasteiger partial charge in [0.15, 0.2) is 0 Å². The van der Waals surface area contributed by atoms with Gasteiger partial charge in [0.25, 0.3) is 0 Å². The molecule has 0 bridgehead atoms. The Bertz CT molecular complexity index is 87.2. The zero-order valence-corrected chi connectivity index (χ0v) is 5.59. The van der Waals surface area contributed by atoms with E-state index in [9.17, 15) is 0 Å². The van der Waals surface area contributed by atoms with Crippen LogP contribution < -0.4 is 0 Å². The molecule has 0 aliphatic carbocycles. The van der Waals surface area contributed by atoms with E-state index in [0.717, 1.165) is 21.6 Å². The van der Waals surface area contributed by atoms with Crippen molar-refractivity contribution in [1.29, 1.82) is 10.5 Å². The summed E-state index contributed by atoms with van der Waals surface area (Å²) >= 11 is 0. The third kappa shape index (κ3) is 10.7. The minimum absolute atomic E-state index is 0. The summed E-state index contributed by atoms with van der Waals surface area (Å²) < 4.78 is 0. The quantitative estimate of drug-likeness (QED) is 0.264. The molecule has 41 valence electrons. The van der Waals surface area contributed by atoms with Crippen LogP contribution in [0.15, 0.2) is 0 Å². The molecule has 0 amide bonds. The van der Waals surface area contributed by atoms with Gasteiger partial charge in [0, 0.05) is 38.7 Å². The number of hydrogen-bond acceptors (Lipinski definition) is 4. The van der Waals surface area contributed by atoms with Crippen LogP contribution in [0.1, 0.15) is 0 Å². The second-order valence-corrected chi connectivity index (χ2v) is 2.05. The van der Waals surface area contributed by atoms with Gasteiger partial charge in [0.05, 0.1) is 0 Å². The summed E-state index contributed by atoms with van der Waals surface area (Å²) in [6.45, 7) is 0. The smallest absolute Gasteiger partial charge is 0.145 e. The Morgan fingerprint density at radius 1 is 1.00 bits per heavy atom. The third-order valence-electron chi connectivity index (χ3n) is 0.116. The normalized spacial score (nSPS) is 4.86. The summed E-state index contributed by atoms with van der Waals surface area (Å²) in [5.41, 5.74) is 0. The molecule has 0 atom stereocenters. The maximum Gasteiger partial charge on any atom is 0.145 e. The van der Waals surface area contributed by atoms with Crippen LogP contribution in [0, 0.1) is 21.3 Å². The number of nitrogens with zero attached hydrogens (tertiary/aromatic N) is 2. The Kier molecular flexibility index (Phi) is 13.9. The summed E-state index contributed by atoms with van der Waals surface area (Å²) in [6.07, 6.45) is 0. The first kappa shape index (κ1) is 10.2. The maximum atomic E-state index is 7.74. The molecule has 0 saturated heterocycles. The molecule has 0 aromatic carbocycles. The van der Waals surface area contributed by atoms with Crippen LogP contribution in [-0.2, 0) is 17.1 Å². The average molecular weight is 180 g/mol. The second kappa shape index (κ2) is 9.50. The van der Waals surface area contributed by atoms with Gasteiger partial charge in [-0.05, 0) is 0 Å². The van der Waals surface area contributed by atoms with Gasteiger partial charge in [-0.3, -0.25) is 0 Å². The van der Waals surface area contributed by atoms with Crippen molar-refractivity contribution in [3.63, 3.8) is 0 Å². The monoisotopic (exact) mass is 179 g/mol. The third-order valence-corrected chi connectivity index (χ3v) is 1.05. The van der Waals surface area contributed by atoms with E-state index in [1.54, 1.807) is 10.8 Å². The topological polar surface area (TPSA) is 47.6 Å². The summed E-state index contributed by atoms with van der Waals surface area (Å²) in [4.78, 5) is 0. The van der Waals surface area contributed by atoms with Crippen molar-refractivity contribution in [3.05, 3.63) is 0 Å². The fraction of sp³-hybridized carbons (Fsp3) is 0. The second-order valence-electron chi connectivity index (χ2n) is 0.349. The standard InChI is InChI=1S/C2N2S2.Cu/c3-1-5-6-2-4;. The SMILES string of the molecule is N#CSSC#N.[Cu]. The molecule has 0 N–H and O–H groups in total. The molecular weight excluding hydrogens is 180 g/mol. The van der Waals surface area contributed by atoms with Gasteiger partial charge in [0.2, 0.25) is 0 Å². The van der Waals surface area contributed by atoms with Crippen molar-refractivity contribution >= 4 is 21.6 Å². The number of nitriles is 2. The molecule has 0 unspecified atom stereocenters. The molecule has 1 radical (unpaired) electrons. The predicted molar refractivity (Wildman–Crippen MR) is 26.4 cm³/mol. The van der Waals surface area contributed by atoms with Crippen LogP contribution >= 0.6 is 21.6 Å². The molecule has 0 fully saturated rings. The van der Waals surface area contributed by atoms with E-state index >= 15 is 0 Å². The van der Waals surface area contributed by atoms with Crippen molar-refractivity contribution < 1.29 is 17.1 Å². The molecule has 0 aromatic rings. The molecule has 0 rings (SSSR count). The van der Waals surface area contributed by atoms with Crippen molar-refractivity contribution in [2.75, 3.05) is 0 Å². The first-order chi connectivity index (χ1) is 2.91. The van der Waals surface area contributed by atoms with E-state index in [-0.39, 0.29) is 17.1 Å². The van der Waals surface area contributed by atoms with Gasteiger partial charge in [0.1, 0.15) is 10.8 Å². The van der Waals surface area contributed by atoms with Gasteiger partial charge in [-0.15, -0.1) is 0 Å². The van der Waals surface area contributed by atoms with Gasteiger partial charge < -0.3 is 0 Å². The van der Waals surface area contributed by atoms with Crippen LogP contribution in [0.3, 0.4) is 0 Å². The number of rotatable bonds is 1. The van der Waals surface area contributed by atoms with E-state index < -0.39 is 0 Å². The molecular formula is C2CuN2S2. The summed E-state index contributed by atoms with van der Waals surface area (Å²) in [5.74, 6) is 0. The van der Waals surface area contributed by atoms with Crippen molar-refractivity contribution in [2.45, 2.75) is 0 Å². The van der Waals surface area contributed by atoms with E-state index in [0.29, 0.717) is 0 Å². The Morgan fingerprint density at radius 3 is 1.43 bits per heavy atom. The van der Waals surface area contributed by atoms with Crippen LogP contribution in [0.2, 0.25) is 0 Å². The van der Waals surface area contributed by atoms with Crippen LogP contribution in [-0.4, -0.2) is 0 Å². The summed E-state index contributed by atoms with van der Waals surface area (Å²) in [6, 6.07) is 0. The summed E-state index contributed by atoms with van der Waals surface area (Å²) in [5, 5.41) is 18.9. The van der Waals surface area contributed by atoms with Gasteiger partial charge in [-0.25, -0.2) is 0 Å². The molecule has 5 heteroatoms. The van der Waals surface area contributed by atoms with E-state index in [1.165, 1.54) is 0 Å². The fourth-order valence-electron chi connectivity index (χ4n) is 0.0373. The van der Waals surface area contributed by atoms with Crippen LogP contribution in [0.5, 0.6) is 0 Å². The minimum atomic E-state index is 0. The van der Waals surface area contributed by atoms with Gasteiger partial charge in [-0.2, -0.15) is 10.5 Å². The van der Waals surface area contributed by atoms with Crippen LogP contribution in [0.25, 0.3) is 0 Å². The van der Waals surface area contributed by atoms with Gasteiger partial charge >= 0.3 is 0 Å². The number of thiocyanates is 2. The molecule has 7 heavy (non-hydrogen) atoms. The molecule has 0 spiro atoms. The average Bonchev–Trinajstić information content (AvgIpc) is 1.61. The Hall–Kier alpha value is 0.199. The molecule has 0 aliphatic heterocycles. The first-order valence-electron chi connectivity index (χ1n) is 1.02.